The van der Waals surface area contributed by atoms with Crippen LogP contribution in [0, 0.1) is 0 Å². The lowest BCUT2D eigenvalue weighted by atomic mass is 10.0. The molecule has 0 saturated heterocycles. The van der Waals surface area contributed by atoms with Crippen molar-refractivity contribution < 1.29 is 4.74 Å². The number of nitrogens with zero attached hydrogens (tertiary/aromatic N) is 1. The number of rotatable bonds is 9. The summed E-state index contributed by atoms with van der Waals surface area (Å²) in [5.41, 5.74) is 2.47. The van der Waals surface area contributed by atoms with Crippen molar-refractivity contribution in [1.82, 2.24) is 5.32 Å². The second-order valence-electron chi connectivity index (χ2n) is 5.02. The van der Waals surface area contributed by atoms with Gasteiger partial charge in [-0.15, -0.1) is 6.58 Å². The van der Waals surface area contributed by atoms with Gasteiger partial charge >= 0.3 is 0 Å². The molecule has 0 spiro atoms. The van der Waals surface area contributed by atoms with Gasteiger partial charge in [-0.2, -0.15) is 0 Å². The Morgan fingerprint density at radius 2 is 2.20 bits per heavy atom. The third-order valence-electron chi connectivity index (χ3n) is 3.52. The minimum absolute atomic E-state index is 0.271. The maximum absolute atomic E-state index is 5.55. The molecule has 0 aliphatic heterocycles. The molecule has 1 aromatic carbocycles. The van der Waals surface area contributed by atoms with Crippen LogP contribution in [0.4, 0.5) is 5.69 Å². The molecule has 0 heterocycles. The van der Waals surface area contributed by atoms with Gasteiger partial charge in [-0.1, -0.05) is 19.1 Å². The van der Waals surface area contributed by atoms with Gasteiger partial charge in [0.1, 0.15) is 5.75 Å². The Labute approximate surface area is 123 Å². The average molecular weight is 276 g/mol. The molecule has 1 unspecified atom stereocenters. The molecule has 0 aromatic heterocycles. The summed E-state index contributed by atoms with van der Waals surface area (Å²) in [5, 5.41) is 3.48. The monoisotopic (exact) mass is 276 g/mol. The first-order valence-electron chi connectivity index (χ1n) is 7.38. The molecule has 1 atom stereocenters. The highest BCUT2D eigenvalue weighted by molar-refractivity contribution is 5.60. The highest BCUT2D eigenvalue weighted by Crippen LogP contribution is 2.34. The molecule has 1 aromatic rings. The SMILES string of the molecule is C=CCCCN(C)c1cccc(OC)c1C(C)NCC. The predicted molar refractivity (Wildman–Crippen MR) is 87.8 cm³/mol. The Morgan fingerprint density at radius 1 is 1.45 bits per heavy atom. The summed E-state index contributed by atoms with van der Waals surface area (Å²) >= 11 is 0. The van der Waals surface area contributed by atoms with E-state index >= 15 is 0 Å². The van der Waals surface area contributed by atoms with Gasteiger partial charge in [0.2, 0.25) is 0 Å². The smallest absolute Gasteiger partial charge is 0.125 e. The van der Waals surface area contributed by atoms with Crippen molar-refractivity contribution in [1.29, 1.82) is 0 Å². The summed E-state index contributed by atoms with van der Waals surface area (Å²) in [6.45, 7) is 10.0. The number of benzene rings is 1. The topological polar surface area (TPSA) is 24.5 Å². The lowest BCUT2D eigenvalue weighted by Gasteiger charge is -2.27. The molecule has 1 rings (SSSR count). The Bertz CT molecular complexity index is 417. The van der Waals surface area contributed by atoms with Crippen molar-refractivity contribution in [3.8, 4) is 5.75 Å². The molecule has 0 aliphatic carbocycles. The fraction of sp³-hybridized carbons (Fsp3) is 0.529. The summed E-state index contributed by atoms with van der Waals surface area (Å²) in [6.07, 6.45) is 4.14. The number of anilines is 1. The van der Waals surface area contributed by atoms with E-state index in [1.165, 1.54) is 11.3 Å². The van der Waals surface area contributed by atoms with Gasteiger partial charge in [-0.25, -0.2) is 0 Å². The average Bonchev–Trinajstić information content (AvgIpc) is 2.46. The molecule has 0 saturated carbocycles. The summed E-state index contributed by atoms with van der Waals surface area (Å²) < 4.78 is 5.55. The van der Waals surface area contributed by atoms with Crippen LogP contribution in [0.3, 0.4) is 0 Å². The number of ether oxygens (including phenoxy) is 1. The van der Waals surface area contributed by atoms with E-state index < -0.39 is 0 Å². The molecule has 1 N–H and O–H groups in total. The summed E-state index contributed by atoms with van der Waals surface area (Å²) in [4.78, 5) is 2.30. The number of hydrogen-bond donors (Lipinski definition) is 1. The first-order chi connectivity index (χ1) is 9.65. The van der Waals surface area contributed by atoms with Crippen molar-refractivity contribution in [2.24, 2.45) is 0 Å². The van der Waals surface area contributed by atoms with E-state index in [2.05, 4.69) is 49.8 Å². The largest absolute Gasteiger partial charge is 0.496 e. The highest BCUT2D eigenvalue weighted by Gasteiger charge is 2.17. The van der Waals surface area contributed by atoms with Crippen LogP contribution in [0.15, 0.2) is 30.9 Å². The number of nitrogens with one attached hydrogen (secondary N) is 1. The van der Waals surface area contributed by atoms with Crippen LogP contribution in [0.5, 0.6) is 5.75 Å². The van der Waals surface area contributed by atoms with Crippen LogP contribution in [0.1, 0.15) is 38.3 Å². The third kappa shape index (κ3) is 4.27. The molecule has 0 amide bonds. The molecule has 0 aliphatic rings. The Morgan fingerprint density at radius 3 is 2.80 bits per heavy atom. The zero-order valence-electron chi connectivity index (χ0n) is 13.3. The van der Waals surface area contributed by atoms with Crippen molar-refractivity contribution >= 4 is 5.69 Å². The second-order valence-corrected chi connectivity index (χ2v) is 5.02. The van der Waals surface area contributed by atoms with Gasteiger partial charge in [0.05, 0.1) is 7.11 Å². The molecular weight excluding hydrogens is 248 g/mol. The number of hydrogen-bond acceptors (Lipinski definition) is 3. The predicted octanol–water partition coefficient (Wildman–Crippen LogP) is 3.77. The minimum Gasteiger partial charge on any atom is -0.496 e. The van der Waals surface area contributed by atoms with Crippen LogP contribution >= 0.6 is 0 Å². The molecule has 0 fully saturated rings. The Balaban J connectivity index is 3.01. The first kappa shape index (κ1) is 16.6. The van der Waals surface area contributed by atoms with E-state index in [9.17, 15) is 0 Å². The number of unbranched alkanes of at least 4 members (excludes halogenated alkanes) is 1. The lowest BCUT2D eigenvalue weighted by molar-refractivity contribution is 0.402. The van der Waals surface area contributed by atoms with E-state index in [4.69, 9.17) is 4.74 Å². The van der Waals surface area contributed by atoms with Crippen LogP contribution in [0.25, 0.3) is 0 Å². The highest BCUT2D eigenvalue weighted by atomic mass is 16.5. The molecule has 3 heteroatoms. The van der Waals surface area contributed by atoms with E-state index in [1.54, 1.807) is 7.11 Å². The Kier molecular flexibility index (Phi) is 7.16. The van der Waals surface area contributed by atoms with Crippen LogP contribution in [0.2, 0.25) is 0 Å². The van der Waals surface area contributed by atoms with Crippen LogP contribution in [-0.4, -0.2) is 27.2 Å². The molecule has 20 heavy (non-hydrogen) atoms. The first-order valence-corrected chi connectivity index (χ1v) is 7.38. The van der Waals surface area contributed by atoms with Crippen LogP contribution in [-0.2, 0) is 0 Å². The van der Waals surface area contributed by atoms with E-state index in [1.807, 2.05) is 12.1 Å². The van der Waals surface area contributed by atoms with Crippen molar-refractivity contribution in [2.45, 2.75) is 32.7 Å². The van der Waals surface area contributed by atoms with E-state index in [0.29, 0.717) is 0 Å². The zero-order valence-corrected chi connectivity index (χ0v) is 13.3. The normalized spacial score (nSPS) is 12.0. The molecule has 0 bridgehead atoms. The van der Waals surface area contributed by atoms with Gasteiger partial charge in [0.15, 0.2) is 0 Å². The van der Waals surface area contributed by atoms with Gasteiger partial charge in [0, 0.05) is 30.9 Å². The Hall–Kier alpha value is -1.48. The van der Waals surface area contributed by atoms with Gasteiger partial charge in [-0.3, -0.25) is 0 Å². The maximum Gasteiger partial charge on any atom is 0.125 e. The van der Waals surface area contributed by atoms with Gasteiger partial charge < -0.3 is 15.0 Å². The standard InChI is InChI=1S/C17H28N2O/c1-6-8-9-13-19(4)15-11-10-12-16(20-5)17(15)14(3)18-7-2/h6,10-12,14,18H,1,7-9,13H2,2-5H3. The fourth-order valence-electron chi connectivity index (χ4n) is 2.48. The van der Waals surface area contributed by atoms with Gasteiger partial charge in [-0.05, 0) is 38.4 Å². The molecule has 0 radical (unpaired) electrons. The fourth-order valence-corrected chi connectivity index (χ4v) is 2.48. The minimum atomic E-state index is 0.271. The molecular formula is C17H28N2O. The summed E-state index contributed by atoms with van der Waals surface area (Å²) in [5.74, 6) is 0.950. The number of allylic oxidation sites excluding steroid dienone is 1. The van der Waals surface area contributed by atoms with Crippen molar-refractivity contribution in [3.63, 3.8) is 0 Å². The van der Waals surface area contributed by atoms with Crippen molar-refractivity contribution in [3.05, 3.63) is 36.4 Å². The maximum atomic E-state index is 5.55. The van der Waals surface area contributed by atoms with Gasteiger partial charge in [0.25, 0.3) is 0 Å². The zero-order chi connectivity index (χ0) is 15.0. The second kappa shape index (κ2) is 8.64. The van der Waals surface area contributed by atoms with Crippen molar-refractivity contribution in [2.75, 3.05) is 32.1 Å². The summed E-state index contributed by atoms with van der Waals surface area (Å²) in [7, 11) is 3.87. The van der Waals surface area contributed by atoms with E-state index in [-0.39, 0.29) is 6.04 Å². The summed E-state index contributed by atoms with van der Waals surface area (Å²) in [6, 6.07) is 6.53. The quantitative estimate of drug-likeness (QED) is 0.549. The number of methoxy groups -OCH3 is 1. The van der Waals surface area contributed by atoms with E-state index in [0.717, 1.165) is 31.7 Å². The van der Waals surface area contributed by atoms with Crippen LogP contribution < -0.4 is 15.0 Å². The molecule has 3 nitrogen and oxygen atoms in total. The molecule has 112 valence electrons. The third-order valence-corrected chi connectivity index (χ3v) is 3.52. The lowest BCUT2D eigenvalue weighted by Crippen LogP contribution is -2.24.